The average molecular weight is 242 g/mol. The molecule has 1 rings (SSSR count). The first-order chi connectivity index (χ1) is 8.14. The van der Waals surface area contributed by atoms with Crippen LogP contribution in [0.2, 0.25) is 0 Å². The third kappa shape index (κ3) is 7.02. The summed E-state index contributed by atoms with van der Waals surface area (Å²) in [5.41, 5.74) is 0.352. The van der Waals surface area contributed by atoms with E-state index in [0.29, 0.717) is 5.41 Å². The van der Waals surface area contributed by atoms with Crippen LogP contribution in [0, 0.1) is 11.3 Å². The molecule has 0 spiro atoms. The molecule has 0 aromatic heterocycles. The summed E-state index contributed by atoms with van der Waals surface area (Å²) < 4.78 is 5.14. The molecule has 1 aliphatic heterocycles. The van der Waals surface area contributed by atoms with Crippen molar-refractivity contribution in [1.82, 2.24) is 10.6 Å². The Hall–Kier alpha value is -0.120. The molecule has 0 aromatic carbocycles. The monoisotopic (exact) mass is 242 g/mol. The molecule has 17 heavy (non-hydrogen) atoms. The van der Waals surface area contributed by atoms with Crippen molar-refractivity contribution in [3.05, 3.63) is 0 Å². The molecule has 1 aliphatic rings. The summed E-state index contributed by atoms with van der Waals surface area (Å²) in [6.07, 6.45) is 5.19. The Kier molecular flexibility index (Phi) is 7.09. The van der Waals surface area contributed by atoms with Crippen LogP contribution in [-0.4, -0.2) is 39.9 Å². The van der Waals surface area contributed by atoms with Gasteiger partial charge in [0.25, 0.3) is 0 Å². The summed E-state index contributed by atoms with van der Waals surface area (Å²) in [5.74, 6) is 0.929. The van der Waals surface area contributed by atoms with Gasteiger partial charge in [-0.2, -0.15) is 0 Å². The van der Waals surface area contributed by atoms with Crippen molar-refractivity contribution in [1.29, 1.82) is 0 Å². The average Bonchev–Trinajstić information content (AvgIpc) is 2.79. The molecular weight excluding hydrogens is 212 g/mol. The van der Waals surface area contributed by atoms with Crippen LogP contribution in [0.1, 0.15) is 39.5 Å². The van der Waals surface area contributed by atoms with Crippen LogP contribution in [0.5, 0.6) is 0 Å². The van der Waals surface area contributed by atoms with E-state index >= 15 is 0 Å². The Balaban J connectivity index is 1.95. The Morgan fingerprint density at radius 2 is 2.24 bits per heavy atom. The smallest absolute Gasteiger partial charge is 0.0467 e. The summed E-state index contributed by atoms with van der Waals surface area (Å²) in [5, 5.41) is 7.01. The molecule has 3 heteroatoms. The Bertz CT molecular complexity index is 189. The van der Waals surface area contributed by atoms with Gasteiger partial charge in [-0.3, -0.25) is 0 Å². The maximum absolute atomic E-state index is 5.14. The molecule has 3 nitrogen and oxygen atoms in total. The largest absolute Gasteiger partial charge is 0.385 e. The van der Waals surface area contributed by atoms with Crippen LogP contribution in [-0.2, 0) is 4.74 Å². The fourth-order valence-electron chi connectivity index (χ4n) is 2.37. The fourth-order valence-corrected chi connectivity index (χ4v) is 2.37. The van der Waals surface area contributed by atoms with Crippen molar-refractivity contribution in [2.75, 3.05) is 39.9 Å². The summed E-state index contributed by atoms with van der Waals surface area (Å²) >= 11 is 0. The molecule has 0 amide bonds. The van der Waals surface area contributed by atoms with E-state index in [4.69, 9.17) is 4.74 Å². The Labute approximate surface area is 107 Å². The number of nitrogens with one attached hydrogen (secondary N) is 2. The summed E-state index contributed by atoms with van der Waals surface area (Å²) in [4.78, 5) is 0. The molecule has 1 saturated heterocycles. The molecule has 102 valence electrons. The van der Waals surface area contributed by atoms with Crippen LogP contribution in [0.3, 0.4) is 0 Å². The van der Waals surface area contributed by atoms with Gasteiger partial charge < -0.3 is 15.4 Å². The zero-order valence-corrected chi connectivity index (χ0v) is 11.8. The maximum Gasteiger partial charge on any atom is 0.0467 e. The third-order valence-corrected chi connectivity index (χ3v) is 3.71. The lowest BCUT2D eigenvalue weighted by atomic mass is 9.89. The second-order valence-corrected chi connectivity index (χ2v) is 6.08. The highest BCUT2D eigenvalue weighted by Gasteiger charge is 2.17. The molecule has 0 radical (unpaired) electrons. The van der Waals surface area contributed by atoms with Crippen molar-refractivity contribution in [2.24, 2.45) is 11.3 Å². The number of rotatable bonds is 9. The van der Waals surface area contributed by atoms with Gasteiger partial charge in [0.2, 0.25) is 0 Å². The van der Waals surface area contributed by atoms with E-state index in [9.17, 15) is 0 Å². The van der Waals surface area contributed by atoms with Crippen LogP contribution < -0.4 is 10.6 Å². The van der Waals surface area contributed by atoms with Crippen LogP contribution in [0.15, 0.2) is 0 Å². The van der Waals surface area contributed by atoms with E-state index < -0.39 is 0 Å². The zero-order valence-electron chi connectivity index (χ0n) is 11.8. The third-order valence-electron chi connectivity index (χ3n) is 3.71. The lowest BCUT2D eigenvalue weighted by molar-refractivity contribution is 0.151. The molecular formula is C14H30N2O. The lowest BCUT2D eigenvalue weighted by Gasteiger charge is -2.24. The summed E-state index contributed by atoms with van der Waals surface area (Å²) in [6, 6.07) is 0. The second-order valence-electron chi connectivity index (χ2n) is 6.08. The van der Waals surface area contributed by atoms with Crippen LogP contribution in [0.25, 0.3) is 0 Å². The minimum absolute atomic E-state index is 0.352. The molecule has 0 saturated carbocycles. The summed E-state index contributed by atoms with van der Waals surface area (Å²) in [6.45, 7) is 10.2. The molecule has 0 aromatic rings. The van der Waals surface area contributed by atoms with Gasteiger partial charge in [0.1, 0.15) is 0 Å². The predicted octanol–water partition coefficient (Wildman–Crippen LogP) is 2.03. The van der Waals surface area contributed by atoms with E-state index in [-0.39, 0.29) is 0 Å². The van der Waals surface area contributed by atoms with Crippen LogP contribution >= 0.6 is 0 Å². The van der Waals surface area contributed by atoms with Gasteiger partial charge in [-0.05, 0) is 56.7 Å². The first kappa shape index (κ1) is 14.9. The Morgan fingerprint density at radius 1 is 1.41 bits per heavy atom. The highest BCUT2D eigenvalue weighted by Crippen LogP contribution is 2.19. The van der Waals surface area contributed by atoms with Gasteiger partial charge in [-0.15, -0.1) is 0 Å². The Morgan fingerprint density at radius 3 is 2.88 bits per heavy atom. The molecule has 1 fully saturated rings. The van der Waals surface area contributed by atoms with Crippen molar-refractivity contribution >= 4 is 0 Å². The minimum Gasteiger partial charge on any atom is -0.385 e. The van der Waals surface area contributed by atoms with E-state index in [1.54, 1.807) is 7.11 Å². The lowest BCUT2D eigenvalue weighted by Crippen LogP contribution is -2.31. The highest BCUT2D eigenvalue weighted by atomic mass is 16.5. The first-order valence-electron chi connectivity index (χ1n) is 7.04. The number of hydrogen-bond donors (Lipinski definition) is 2. The van der Waals surface area contributed by atoms with E-state index in [1.807, 2.05) is 0 Å². The van der Waals surface area contributed by atoms with Crippen LogP contribution in [0.4, 0.5) is 0 Å². The molecule has 1 heterocycles. The second kappa shape index (κ2) is 8.06. The van der Waals surface area contributed by atoms with Crippen molar-refractivity contribution < 1.29 is 4.74 Å². The highest BCUT2D eigenvalue weighted by molar-refractivity contribution is 4.73. The topological polar surface area (TPSA) is 33.3 Å². The van der Waals surface area contributed by atoms with Crippen molar-refractivity contribution in [3.8, 4) is 0 Å². The molecule has 2 N–H and O–H groups in total. The van der Waals surface area contributed by atoms with Gasteiger partial charge in [0, 0.05) is 20.3 Å². The molecule has 1 atom stereocenters. The fraction of sp³-hybridized carbons (Fsp3) is 1.00. The normalized spacial score (nSPS) is 21.0. The summed E-state index contributed by atoms with van der Waals surface area (Å²) in [7, 11) is 1.78. The van der Waals surface area contributed by atoms with Gasteiger partial charge >= 0.3 is 0 Å². The quantitative estimate of drug-likeness (QED) is 0.607. The number of ether oxygens (including phenoxy) is 1. The van der Waals surface area contributed by atoms with Gasteiger partial charge in [-0.25, -0.2) is 0 Å². The minimum atomic E-state index is 0.352. The molecule has 1 unspecified atom stereocenters. The SMILES string of the molecule is COCCC(C)(C)CNCCCC1CCNC1. The predicted molar refractivity (Wildman–Crippen MR) is 73.4 cm³/mol. The van der Waals surface area contributed by atoms with Gasteiger partial charge in [0.05, 0.1) is 0 Å². The van der Waals surface area contributed by atoms with Crippen molar-refractivity contribution in [2.45, 2.75) is 39.5 Å². The maximum atomic E-state index is 5.14. The van der Waals surface area contributed by atoms with E-state index in [2.05, 4.69) is 24.5 Å². The van der Waals surface area contributed by atoms with Gasteiger partial charge in [0.15, 0.2) is 0 Å². The van der Waals surface area contributed by atoms with E-state index in [0.717, 1.165) is 32.0 Å². The van der Waals surface area contributed by atoms with E-state index in [1.165, 1.54) is 32.4 Å². The van der Waals surface area contributed by atoms with Crippen molar-refractivity contribution in [3.63, 3.8) is 0 Å². The number of hydrogen-bond acceptors (Lipinski definition) is 3. The molecule has 0 bridgehead atoms. The first-order valence-corrected chi connectivity index (χ1v) is 7.04. The molecule has 0 aliphatic carbocycles. The standard InChI is InChI=1S/C14H30N2O/c1-14(2,7-10-17-3)12-16-8-4-5-13-6-9-15-11-13/h13,15-16H,4-12H2,1-3H3. The zero-order chi connectivity index (χ0) is 12.6. The number of methoxy groups -OCH3 is 1. The van der Waals surface area contributed by atoms with Gasteiger partial charge in [-0.1, -0.05) is 13.8 Å².